The zero-order valence-corrected chi connectivity index (χ0v) is 17.9. The van der Waals surface area contributed by atoms with Crippen molar-refractivity contribution in [3.8, 4) is 5.75 Å². The van der Waals surface area contributed by atoms with Crippen LogP contribution < -0.4 is 9.64 Å². The van der Waals surface area contributed by atoms with E-state index in [1.54, 1.807) is 7.11 Å². The SMILES string of the molecule is COc1cccc(N2C(=NC(=O)Cc3ccc(C)cc3)S[C@@H]3CS(=O)(=O)C[C@@H]32)c1. The summed E-state index contributed by atoms with van der Waals surface area (Å²) in [7, 11) is -1.52. The van der Waals surface area contributed by atoms with Gasteiger partial charge in [0.2, 0.25) is 0 Å². The van der Waals surface area contributed by atoms with Crippen molar-refractivity contribution in [2.45, 2.75) is 24.6 Å². The van der Waals surface area contributed by atoms with Gasteiger partial charge in [0.15, 0.2) is 15.0 Å². The molecule has 0 radical (unpaired) electrons. The Balaban J connectivity index is 1.64. The summed E-state index contributed by atoms with van der Waals surface area (Å²) in [5.41, 5.74) is 2.82. The molecule has 0 N–H and O–H groups in total. The first kappa shape index (κ1) is 20.0. The standard InChI is InChI=1S/C21H22N2O4S2/c1-14-6-8-15(9-7-14)10-20(24)22-21-23(16-4-3-5-17(11-16)27-2)18-12-29(25,26)13-19(18)28-21/h3-9,11,18-19H,10,12-13H2,1-2H3/t18-,19+/m0/s1. The summed E-state index contributed by atoms with van der Waals surface area (Å²) >= 11 is 1.38. The highest BCUT2D eigenvalue weighted by Crippen LogP contribution is 2.41. The number of nitrogens with zero attached hydrogens (tertiary/aromatic N) is 2. The second kappa shape index (κ2) is 7.84. The molecule has 8 heteroatoms. The first-order valence-corrected chi connectivity index (χ1v) is 12.0. The van der Waals surface area contributed by atoms with Crippen LogP contribution in [0.1, 0.15) is 11.1 Å². The van der Waals surface area contributed by atoms with Crippen LogP contribution in [0, 0.1) is 6.92 Å². The summed E-state index contributed by atoms with van der Waals surface area (Å²) in [6.45, 7) is 2.00. The van der Waals surface area contributed by atoms with Crippen molar-refractivity contribution in [2.24, 2.45) is 4.99 Å². The number of sulfone groups is 1. The number of carbonyl (C=O) groups excluding carboxylic acids is 1. The fraction of sp³-hybridized carbons (Fsp3) is 0.333. The third kappa shape index (κ3) is 4.33. The molecule has 29 heavy (non-hydrogen) atoms. The van der Waals surface area contributed by atoms with E-state index in [1.807, 2.05) is 60.4 Å². The number of hydrogen-bond acceptors (Lipinski definition) is 5. The van der Waals surface area contributed by atoms with E-state index in [0.717, 1.165) is 16.8 Å². The summed E-state index contributed by atoms with van der Waals surface area (Å²) in [4.78, 5) is 18.9. The number of benzene rings is 2. The van der Waals surface area contributed by atoms with E-state index in [-0.39, 0.29) is 35.1 Å². The second-order valence-electron chi connectivity index (χ2n) is 7.32. The van der Waals surface area contributed by atoms with Gasteiger partial charge in [0.05, 0.1) is 31.1 Å². The van der Waals surface area contributed by atoms with E-state index in [4.69, 9.17) is 4.74 Å². The van der Waals surface area contributed by atoms with Crippen molar-refractivity contribution in [3.05, 3.63) is 59.7 Å². The van der Waals surface area contributed by atoms with Gasteiger partial charge in [-0.2, -0.15) is 4.99 Å². The number of fused-ring (bicyclic) bond motifs is 1. The van der Waals surface area contributed by atoms with Crippen LogP contribution in [-0.2, 0) is 21.1 Å². The van der Waals surface area contributed by atoms with Gasteiger partial charge in [-0.1, -0.05) is 47.7 Å². The topological polar surface area (TPSA) is 76.0 Å². The number of anilines is 1. The zero-order chi connectivity index (χ0) is 20.6. The lowest BCUT2D eigenvalue weighted by Crippen LogP contribution is -2.37. The minimum absolute atomic E-state index is 0.0625. The van der Waals surface area contributed by atoms with Gasteiger partial charge in [0.25, 0.3) is 5.91 Å². The highest BCUT2D eigenvalue weighted by atomic mass is 32.2. The van der Waals surface area contributed by atoms with Crippen molar-refractivity contribution in [1.82, 2.24) is 0 Å². The quantitative estimate of drug-likeness (QED) is 0.743. The number of carbonyl (C=O) groups is 1. The number of thioether (sulfide) groups is 1. The molecule has 1 amide bonds. The van der Waals surface area contributed by atoms with E-state index < -0.39 is 9.84 Å². The maximum atomic E-state index is 12.6. The molecule has 2 fully saturated rings. The van der Waals surface area contributed by atoms with Gasteiger partial charge >= 0.3 is 0 Å². The van der Waals surface area contributed by atoms with E-state index in [2.05, 4.69) is 4.99 Å². The lowest BCUT2D eigenvalue weighted by Gasteiger charge is -2.24. The molecule has 0 spiro atoms. The van der Waals surface area contributed by atoms with Gasteiger partial charge in [0.1, 0.15) is 5.75 Å². The minimum atomic E-state index is -3.10. The Labute approximate surface area is 174 Å². The molecule has 2 aliphatic rings. The average molecular weight is 431 g/mol. The fourth-order valence-electron chi connectivity index (χ4n) is 3.65. The van der Waals surface area contributed by atoms with Gasteiger partial charge in [0, 0.05) is 17.0 Å². The Bertz CT molecular complexity index is 1060. The zero-order valence-electron chi connectivity index (χ0n) is 16.2. The van der Waals surface area contributed by atoms with Crippen molar-refractivity contribution in [3.63, 3.8) is 0 Å². The van der Waals surface area contributed by atoms with Crippen LogP contribution in [0.5, 0.6) is 5.75 Å². The number of hydrogen-bond donors (Lipinski definition) is 0. The fourth-order valence-corrected chi connectivity index (χ4v) is 7.58. The molecular formula is C21H22N2O4S2. The monoisotopic (exact) mass is 430 g/mol. The second-order valence-corrected chi connectivity index (χ2v) is 10.7. The summed E-state index contributed by atoms with van der Waals surface area (Å²) in [5.74, 6) is 0.593. The number of amides is 1. The number of amidine groups is 1. The summed E-state index contributed by atoms with van der Waals surface area (Å²) < 4.78 is 29.7. The van der Waals surface area contributed by atoms with E-state index in [1.165, 1.54) is 11.8 Å². The lowest BCUT2D eigenvalue weighted by atomic mass is 10.1. The Morgan fingerprint density at radius 2 is 1.97 bits per heavy atom. The molecule has 2 aromatic rings. The van der Waals surface area contributed by atoms with Crippen LogP contribution in [0.15, 0.2) is 53.5 Å². The number of ether oxygens (including phenoxy) is 1. The van der Waals surface area contributed by atoms with Crippen LogP contribution in [0.3, 0.4) is 0 Å². The number of rotatable bonds is 4. The van der Waals surface area contributed by atoms with Crippen LogP contribution in [-0.4, -0.2) is 49.4 Å². The highest BCUT2D eigenvalue weighted by Gasteiger charge is 2.49. The molecule has 2 aromatic carbocycles. The number of methoxy groups -OCH3 is 1. The number of aliphatic imine (C=N–C) groups is 1. The Morgan fingerprint density at radius 1 is 1.21 bits per heavy atom. The highest BCUT2D eigenvalue weighted by molar-refractivity contribution is 8.16. The first-order valence-electron chi connectivity index (χ1n) is 9.32. The first-order chi connectivity index (χ1) is 13.8. The molecule has 2 atom stereocenters. The van der Waals surface area contributed by atoms with Crippen molar-refractivity contribution >= 4 is 38.4 Å². The van der Waals surface area contributed by atoms with Gasteiger partial charge in [-0.15, -0.1) is 0 Å². The molecule has 2 aliphatic heterocycles. The third-order valence-corrected chi connectivity index (χ3v) is 8.30. The van der Waals surface area contributed by atoms with E-state index >= 15 is 0 Å². The summed E-state index contributed by atoms with van der Waals surface area (Å²) in [5, 5.41) is 0.428. The Morgan fingerprint density at radius 3 is 2.69 bits per heavy atom. The van der Waals surface area contributed by atoms with Crippen LogP contribution in [0.2, 0.25) is 0 Å². The molecule has 4 rings (SSSR count). The molecule has 0 aromatic heterocycles. The van der Waals surface area contributed by atoms with Gasteiger partial charge in [-0.25, -0.2) is 8.42 Å². The third-order valence-electron chi connectivity index (χ3n) is 5.09. The average Bonchev–Trinajstić information content (AvgIpc) is 3.14. The summed E-state index contributed by atoms with van der Waals surface area (Å²) in [6.07, 6.45) is 0.212. The molecule has 6 nitrogen and oxygen atoms in total. The molecule has 2 heterocycles. The molecule has 0 aliphatic carbocycles. The number of aryl methyl sites for hydroxylation is 1. The Hall–Kier alpha value is -2.32. The summed E-state index contributed by atoms with van der Waals surface area (Å²) in [6, 6.07) is 15.0. The molecule has 0 unspecified atom stereocenters. The lowest BCUT2D eigenvalue weighted by molar-refractivity contribution is -0.117. The van der Waals surface area contributed by atoms with Crippen molar-refractivity contribution in [1.29, 1.82) is 0 Å². The van der Waals surface area contributed by atoms with E-state index in [9.17, 15) is 13.2 Å². The molecule has 0 bridgehead atoms. The molecule has 152 valence electrons. The normalized spacial score (nSPS) is 23.9. The van der Waals surface area contributed by atoms with Crippen LogP contribution in [0.4, 0.5) is 5.69 Å². The molecule has 2 saturated heterocycles. The van der Waals surface area contributed by atoms with E-state index in [0.29, 0.717) is 10.9 Å². The van der Waals surface area contributed by atoms with Gasteiger partial charge < -0.3 is 9.64 Å². The van der Waals surface area contributed by atoms with Gasteiger partial charge in [-0.3, -0.25) is 4.79 Å². The van der Waals surface area contributed by atoms with Crippen molar-refractivity contribution in [2.75, 3.05) is 23.5 Å². The largest absolute Gasteiger partial charge is 0.497 e. The smallest absolute Gasteiger partial charge is 0.252 e. The van der Waals surface area contributed by atoms with Gasteiger partial charge in [-0.05, 0) is 24.6 Å². The van der Waals surface area contributed by atoms with Crippen LogP contribution >= 0.6 is 11.8 Å². The maximum Gasteiger partial charge on any atom is 0.252 e. The van der Waals surface area contributed by atoms with Crippen molar-refractivity contribution < 1.29 is 17.9 Å². The predicted octanol–water partition coefficient (Wildman–Crippen LogP) is 2.85. The van der Waals surface area contributed by atoms with Crippen LogP contribution in [0.25, 0.3) is 0 Å². The Kier molecular flexibility index (Phi) is 5.40. The predicted molar refractivity (Wildman–Crippen MR) is 117 cm³/mol. The minimum Gasteiger partial charge on any atom is -0.497 e. The maximum absolute atomic E-state index is 12.6. The molecule has 0 saturated carbocycles. The molecular weight excluding hydrogens is 408 g/mol.